The number of hydrogen-bond donors (Lipinski definition) is 1. The van der Waals surface area contributed by atoms with Crippen LogP contribution in [0.25, 0.3) is 6.08 Å². The summed E-state index contributed by atoms with van der Waals surface area (Å²) in [6.07, 6.45) is 2.82. The lowest BCUT2D eigenvalue weighted by Gasteiger charge is -2.08. The minimum atomic E-state index is -0.492. The Bertz CT molecular complexity index is 866. The van der Waals surface area contributed by atoms with Gasteiger partial charge in [-0.25, -0.2) is 0 Å². The van der Waals surface area contributed by atoms with E-state index in [1.54, 1.807) is 19.1 Å². The van der Waals surface area contributed by atoms with Crippen LogP contribution < -0.4 is 10.1 Å². The number of nitro benzene ring substituents is 1. The number of halogens is 2. The number of rotatable bonds is 5. The van der Waals surface area contributed by atoms with Gasteiger partial charge in [0.1, 0.15) is 5.75 Å². The van der Waals surface area contributed by atoms with E-state index in [4.69, 9.17) is 27.9 Å². The van der Waals surface area contributed by atoms with Gasteiger partial charge in [0.05, 0.1) is 17.1 Å². The first-order valence-electron chi connectivity index (χ1n) is 7.09. The van der Waals surface area contributed by atoms with Crippen molar-refractivity contribution in [2.45, 2.75) is 6.92 Å². The minimum Gasteiger partial charge on any atom is -0.495 e. The number of benzene rings is 2. The number of non-ortho nitro benzene ring substituents is 1. The molecule has 0 saturated carbocycles. The zero-order valence-electron chi connectivity index (χ0n) is 13.4. The van der Waals surface area contributed by atoms with Crippen molar-refractivity contribution in [3.8, 4) is 5.75 Å². The topological polar surface area (TPSA) is 81.5 Å². The summed E-state index contributed by atoms with van der Waals surface area (Å²) in [5.41, 5.74) is 1.58. The highest BCUT2D eigenvalue weighted by atomic mass is 35.5. The molecule has 2 aromatic carbocycles. The second-order valence-corrected chi connectivity index (χ2v) is 5.93. The highest BCUT2D eigenvalue weighted by Gasteiger charge is 2.10. The largest absolute Gasteiger partial charge is 0.495 e. The van der Waals surface area contributed by atoms with Crippen LogP contribution in [0.2, 0.25) is 10.0 Å². The molecule has 0 aliphatic rings. The van der Waals surface area contributed by atoms with Gasteiger partial charge in [-0.3, -0.25) is 14.9 Å². The number of carbonyl (C=O) groups excluding carboxylic acids is 1. The highest BCUT2D eigenvalue weighted by Crippen LogP contribution is 2.33. The average molecular weight is 381 g/mol. The number of nitrogens with one attached hydrogen (secondary N) is 1. The molecule has 0 aliphatic heterocycles. The SMILES string of the molecule is COc1c(Cl)cc(Cl)cc1C=CC(=O)Nc1ccc([N+](=O)[O-])cc1C. The van der Waals surface area contributed by atoms with Crippen molar-refractivity contribution in [2.24, 2.45) is 0 Å². The van der Waals surface area contributed by atoms with Crippen LogP contribution in [0.3, 0.4) is 0 Å². The second-order valence-electron chi connectivity index (χ2n) is 5.09. The molecular formula is C17H14Cl2N2O4. The lowest BCUT2D eigenvalue weighted by atomic mass is 10.1. The molecule has 2 aromatic rings. The fourth-order valence-electron chi connectivity index (χ4n) is 2.16. The summed E-state index contributed by atoms with van der Waals surface area (Å²) in [6, 6.07) is 7.36. The van der Waals surface area contributed by atoms with Gasteiger partial charge in [0, 0.05) is 34.5 Å². The number of carbonyl (C=O) groups is 1. The zero-order valence-corrected chi connectivity index (χ0v) is 14.9. The van der Waals surface area contributed by atoms with Crippen LogP contribution in [0, 0.1) is 17.0 Å². The first-order valence-corrected chi connectivity index (χ1v) is 7.84. The number of nitrogens with zero attached hydrogens (tertiary/aromatic N) is 1. The van der Waals surface area contributed by atoms with Gasteiger partial charge >= 0.3 is 0 Å². The van der Waals surface area contributed by atoms with Crippen LogP contribution in [-0.4, -0.2) is 17.9 Å². The number of hydrogen-bond acceptors (Lipinski definition) is 4. The maximum Gasteiger partial charge on any atom is 0.269 e. The van der Waals surface area contributed by atoms with E-state index in [1.807, 2.05) is 0 Å². The second kappa shape index (κ2) is 8.00. The first-order chi connectivity index (χ1) is 11.8. The minimum absolute atomic E-state index is 0.0376. The van der Waals surface area contributed by atoms with E-state index in [-0.39, 0.29) is 5.69 Å². The normalized spacial score (nSPS) is 10.7. The Balaban J connectivity index is 2.18. The van der Waals surface area contributed by atoms with E-state index in [0.29, 0.717) is 32.6 Å². The van der Waals surface area contributed by atoms with Crippen molar-refractivity contribution >= 4 is 46.6 Å². The number of aryl methyl sites for hydroxylation is 1. The summed E-state index contributed by atoms with van der Waals surface area (Å²) in [6.45, 7) is 1.67. The fraction of sp³-hybridized carbons (Fsp3) is 0.118. The highest BCUT2D eigenvalue weighted by molar-refractivity contribution is 6.36. The van der Waals surface area contributed by atoms with Crippen molar-refractivity contribution < 1.29 is 14.5 Å². The van der Waals surface area contributed by atoms with E-state index < -0.39 is 10.8 Å². The third-order valence-electron chi connectivity index (χ3n) is 3.33. The molecule has 2 rings (SSSR count). The molecule has 0 aliphatic carbocycles. The molecule has 0 fully saturated rings. The molecule has 25 heavy (non-hydrogen) atoms. The first kappa shape index (κ1) is 18.8. The summed E-state index contributed by atoms with van der Waals surface area (Å²) < 4.78 is 5.20. The van der Waals surface area contributed by atoms with Crippen LogP contribution in [0.5, 0.6) is 5.75 Å². The number of anilines is 1. The van der Waals surface area contributed by atoms with Crippen LogP contribution in [-0.2, 0) is 4.79 Å². The van der Waals surface area contributed by atoms with E-state index in [2.05, 4.69) is 5.32 Å². The Morgan fingerprint density at radius 2 is 2.00 bits per heavy atom. The number of nitro groups is 1. The standard InChI is InChI=1S/C17H14Cl2N2O4/c1-10-7-13(21(23)24)4-5-15(10)20-16(22)6-3-11-8-12(18)9-14(19)17(11)25-2/h3-9H,1-2H3,(H,20,22). The maximum absolute atomic E-state index is 12.1. The third kappa shape index (κ3) is 4.71. The summed E-state index contributed by atoms with van der Waals surface area (Å²) in [5, 5.41) is 14.1. The van der Waals surface area contributed by atoms with Crippen LogP contribution in [0.15, 0.2) is 36.4 Å². The number of amides is 1. The van der Waals surface area contributed by atoms with E-state index in [9.17, 15) is 14.9 Å². The van der Waals surface area contributed by atoms with Crippen LogP contribution in [0.4, 0.5) is 11.4 Å². The molecule has 6 nitrogen and oxygen atoms in total. The Kier molecular flexibility index (Phi) is 6.01. The lowest BCUT2D eigenvalue weighted by molar-refractivity contribution is -0.384. The molecule has 0 atom stereocenters. The Labute approximate surface area is 154 Å². The Morgan fingerprint density at radius 3 is 2.60 bits per heavy atom. The van der Waals surface area contributed by atoms with Crippen molar-refractivity contribution in [1.29, 1.82) is 0 Å². The molecule has 1 amide bonds. The van der Waals surface area contributed by atoms with Gasteiger partial charge in [-0.2, -0.15) is 0 Å². The van der Waals surface area contributed by atoms with E-state index >= 15 is 0 Å². The van der Waals surface area contributed by atoms with E-state index in [1.165, 1.54) is 37.5 Å². The lowest BCUT2D eigenvalue weighted by Crippen LogP contribution is -2.09. The van der Waals surface area contributed by atoms with Gasteiger partial charge in [0.2, 0.25) is 5.91 Å². The summed E-state index contributed by atoms with van der Waals surface area (Å²) in [4.78, 5) is 22.3. The molecule has 130 valence electrons. The molecule has 1 N–H and O–H groups in total. The van der Waals surface area contributed by atoms with E-state index in [0.717, 1.165) is 0 Å². The Morgan fingerprint density at radius 1 is 1.28 bits per heavy atom. The molecule has 0 spiro atoms. The van der Waals surface area contributed by atoms with Crippen LogP contribution in [0.1, 0.15) is 11.1 Å². The van der Waals surface area contributed by atoms with Gasteiger partial charge in [-0.15, -0.1) is 0 Å². The fourth-order valence-corrected chi connectivity index (χ4v) is 2.75. The van der Waals surface area contributed by atoms with Crippen molar-refractivity contribution in [3.05, 3.63) is 67.7 Å². The summed E-state index contributed by atoms with van der Waals surface area (Å²) in [7, 11) is 1.47. The van der Waals surface area contributed by atoms with Gasteiger partial charge < -0.3 is 10.1 Å². The predicted molar refractivity (Wildman–Crippen MR) is 98.5 cm³/mol. The Hall–Kier alpha value is -2.57. The van der Waals surface area contributed by atoms with Crippen LogP contribution >= 0.6 is 23.2 Å². The predicted octanol–water partition coefficient (Wildman–Crippen LogP) is 4.87. The number of methoxy groups -OCH3 is 1. The zero-order chi connectivity index (χ0) is 18.6. The summed E-state index contributed by atoms with van der Waals surface area (Å²) in [5.74, 6) is -0.00302. The molecule has 0 bridgehead atoms. The number of ether oxygens (including phenoxy) is 1. The van der Waals surface area contributed by atoms with Crippen molar-refractivity contribution in [1.82, 2.24) is 0 Å². The monoisotopic (exact) mass is 380 g/mol. The third-order valence-corrected chi connectivity index (χ3v) is 3.83. The van der Waals surface area contributed by atoms with Gasteiger partial charge in [0.25, 0.3) is 5.69 Å². The summed E-state index contributed by atoms with van der Waals surface area (Å²) >= 11 is 12.0. The molecular weight excluding hydrogens is 367 g/mol. The molecule has 0 saturated heterocycles. The average Bonchev–Trinajstić information content (AvgIpc) is 2.54. The smallest absolute Gasteiger partial charge is 0.269 e. The van der Waals surface area contributed by atoms with Crippen molar-refractivity contribution in [2.75, 3.05) is 12.4 Å². The van der Waals surface area contributed by atoms with Crippen molar-refractivity contribution in [3.63, 3.8) is 0 Å². The van der Waals surface area contributed by atoms with Gasteiger partial charge in [-0.1, -0.05) is 23.2 Å². The van der Waals surface area contributed by atoms with Gasteiger partial charge in [-0.05, 0) is 36.8 Å². The molecule has 0 aromatic heterocycles. The van der Waals surface area contributed by atoms with Gasteiger partial charge in [0.15, 0.2) is 0 Å². The molecule has 0 heterocycles. The molecule has 8 heteroatoms. The maximum atomic E-state index is 12.1. The molecule has 0 unspecified atom stereocenters. The quantitative estimate of drug-likeness (QED) is 0.455. The molecule has 0 radical (unpaired) electrons.